The van der Waals surface area contributed by atoms with Crippen molar-refractivity contribution in [1.29, 1.82) is 0 Å². The van der Waals surface area contributed by atoms with Crippen LogP contribution in [0.15, 0.2) is 22.7 Å². The summed E-state index contributed by atoms with van der Waals surface area (Å²) >= 11 is 3.63. The highest BCUT2D eigenvalue weighted by Gasteiger charge is 2.36. The lowest BCUT2D eigenvalue weighted by atomic mass is 9.68. The van der Waals surface area contributed by atoms with Crippen LogP contribution in [-0.2, 0) is 0 Å². The number of hydrogen-bond acceptors (Lipinski definition) is 2. The van der Waals surface area contributed by atoms with Crippen LogP contribution in [0.3, 0.4) is 0 Å². The zero-order chi connectivity index (χ0) is 15.3. The van der Waals surface area contributed by atoms with Gasteiger partial charge in [-0.05, 0) is 64.8 Å². The molecule has 0 amide bonds. The molecule has 0 heterocycles. The van der Waals surface area contributed by atoms with Crippen LogP contribution in [0.4, 0.5) is 0 Å². The van der Waals surface area contributed by atoms with Crippen molar-refractivity contribution in [3.05, 3.63) is 28.2 Å². The van der Waals surface area contributed by atoms with E-state index < -0.39 is 0 Å². The Bertz CT molecular complexity index is 455. The van der Waals surface area contributed by atoms with Crippen LogP contribution in [0.2, 0.25) is 0 Å². The third kappa shape index (κ3) is 4.01. The van der Waals surface area contributed by atoms with E-state index in [1.165, 1.54) is 44.1 Å². The number of methoxy groups -OCH3 is 1. The lowest BCUT2D eigenvalue weighted by Gasteiger charge is -2.42. The van der Waals surface area contributed by atoms with E-state index in [9.17, 15) is 0 Å². The smallest absolute Gasteiger partial charge is 0.133 e. The van der Waals surface area contributed by atoms with Crippen LogP contribution in [0.25, 0.3) is 0 Å². The van der Waals surface area contributed by atoms with E-state index in [0.717, 1.165) is 16.8 Å². The van der Waals surface area contributed by atoms with Crippen LogP contribution >= 0.6 is 15.9 Å². The summed E-state index contributed by atoms with van der Waals surface area (Å²) in [4.78, 5) is 0. The molecule has 1 unspecified atom stereocenters. The number of benzene rings is 1. The summed E-state index contributed by atoms with van der Waals surface area (Å²) in [5.74, 6) is 0.904. The molecule has 0 bridgehead atoms. The Labute approximate surface area is 137 Å². The third-order valence-corrected chi connectivity index (χ3v) is 5.42. The molecule has 1 aromatic rings. The molecule has 2 rings (SSSR count). The highest BCUT2D eigenvalue weighted by atomic mass is 79.9. The second-order valence-corrected chi connectivity index (χ2v) is 7.35. The van der Waals surface area contributed by atoms with E-state index in [2.05, 4.69) is 53.3 Å². The van der Waals surface area contributed by atoms with Gasteiger partial charge in [0.15, 0.2) is 0 Å². The zero-order valence-corrected chi connectivity index (χ0v) is 15.1. The van der Waals surface area contributed by atoms with Gasteiger partial charge in [-0.3, -0.25) is 0 Å². The number of nitrogens with one attached hydrogen (secondary N) is 1. The lowest BCUT2D eigenvalue weighted by molar-refractivity contribution is 0.144. The van der Waals surface area contributed by atoms with Crippen molar-refractivity contribution >= 4 is 15.9 Å². The first-order valence-corrected chi connectivity index (χ1v) is 8.97. The fraction of sp³-hybridized carbons (Fsp3) is 0.667. The van der Waals surface area contributed by atoms with Gasteiger partial charge in [0.05, 0.1) is 11.6 Å². The summed E-state index contributed by atoms with van der Waals surface area (Å²) < 4.78 is 6.41. The Hall–Kier alpha value is -0.540. The van der Waals surface area contributed by atoms with Gasteiger partial charge in [-0.1, -0.05) is 39.2 Å². The van der Waals surface area contributed by atoms with Crippen LogP contribution in [0.5, 0.6) is 5.75 Å². The van der Waals surface area contributed by atoms with Gasteiger partial charge < -0.3 is 10.1 Å². The van der Waals surface area contributed by atoms with Gasteiger partial charge >= 0.3 is 0 Å². The van der Waals surface area contributed by atoms with Gasteiger partial charge in [0.2, 0.25) is 0 Å². The molecule has 1 atom stereocenters. The molecule has 1 fully saturated rings. The average molecular weight is 354 g/mol. The number of hydrogen-bond donors (Lipinski definition) is 1. The topological polar surface area (TPSA) is 21.3 Å². The molecule has 1 saturated carbocycles. The Kier molecular flexibility index (Phi) is 6.12. The van der Waals surface area contributed by atoms with E-state index in [1.54, 1.807) is 7.11 Å². The molecule has 1 N–H and O–H groups in total. The van der Waals surface area contributed by atoms with Crippen molar-refractivity contribution in [2.45, 2.75) is 58.4 Å². The van der Waals surface area contributed by atoms with Crippen molar-refractivity contribution in [3.63, 3.8) is 0 Å². The summed E-state index contributed by atoms with van der Waals surface area (Å²) in [5.41, 5.74) is 1.74. The van der Waals surface area contributed by atoms with Crippen molar-refractivity contribution in [2.75, 3.05) is 13.7 Å². The minimum absolute atomic E-state index is 0.363. The lowest BCUT2D eigenvalue weighted by Crippen LogP contribution is -2.38. The van der Waals surface area contributed by atoms with E-state index in [-0.39, 0.29) is 0 Å². The molecule has 0 radical (unpaired) electrons. The van der Waals surface area contributed by atoms with E-state index >= 15 is 0 Å². The zero-order valence-electron chi connectivity index (χ0n) is 13.5. The predicted octanol–water partition coefficient (Wildman–Crippen LogP) is 5.47. The third-order valence-electron chi connectivity index (χ3n) is 4.80. The van der Waals surface area contributed by atoms with Gasteiger partial charge in [0.25, 0.3) is 0 Å². The summed E-state index contributed by atoms with van der Waals surface area (Å²) in [5, 5.41) is 3.80. The Balaban J connectivity index is 2.28. The van der Waals surface area contributed by atoms with E-state index in [1.807, 2.05) is 0 Å². The van der Waals surface area contributed by atoms with Crippen molar-refractivity contribution < 1.29 is 4.74 Å². The molecule has 118 valence electrons. The molecule has 0 aliphatic heterocycles. The molecule has 1 aliphatic carbocycles. The summed E-state index contributed by atoms with van der Waals surface area (Å²) in [7, 11) is 1.72. The molecular weight excluding hydrogens is 326 g/mol. The molecular formula is C18H28BrNO. The maximum Gasteiger partial charge on any atom is 0.133 e. The SMILES string of the molecule is CCCNC(c1ccc(OC)c(Br)c1)C1(C)CCCCC1. The molecule has 2 nitrogen and oxygen atoms in total. The van der Waals surface area contributed by atoms with Crippen molar-refractivity contribution in [2.24, 2.45) is 5.41 Å². The van der Waals surface area contributed by atoms with Crippen LogP contribution in [0, 0.1) is 5.41 Å². The normalized spacial score (nSPS) is 19.2. The summed E-state index contributed by atoms with van der Waals surface area (Å²) in [6.45, 7) is 5.76. The van der Waals surface area contributed by atoms with E-state index in [0.29, 0.717) is 11.5 Å². The van der Waals surface area contributed by atoms with Crippen LogP contribution < -0.4 is 10.1 Å². The average Bonchev–Trinajstić information content (AvgIpc) is 2.48. The second kappa shape index (κ2) is 7.64. The maximum atomic E-state index is 5.36. The Morgan fingerprint density at radius 1 is 1.29 bits per heavy atom. The minimum atomic E-state index is 0.363. The maximum absolute atomic E-state index is 5.36. The first-order chi connectivity index (χ1) is 10.1. The molecule has 1 aliphatic rings. The monoisotopic (exact) mass is 353 g/mol. The fourth-order valence-corrected chi connectivity index (χ4v) is 4.12. The summed E-state index contributed by atoms with van der Waals surface area (Å²) in [6.07, 6.45) is 7.92. The standard InChI is InChI=1S/C18H28BrNO/c1-4-12-20-17(18(2)10-6-5-7-11-18)14-8-9-16(21-3)15(19)13-14/h8-9,13,17,20H,4-7,10-12H2,1-3H3. The minimum Gasteiger partial charge on any atom is -0.496 e. The van der Waals surface area contributed by atoms with Crippen molar-refractivity contribution in [1.82, 2.24) is 5.32 Å². The van der Waals surface area contributed by atoms with Crippen LogP contribution in [0.1, 0.15) is 64.0 Å². The van der Waals surface area contributed by atoms with Gasteiger partial charge in [0, 0.05) is 6.04 Å². The predicted molar refractivity (Wildman–Crippen MR) is 92.9 cm³/mol. The molecule has 3 heteroatoms. The van der Waals surface area contributed by atoms with Gasteiger partial charge in [-0.2, -0.15) is 0 Å². The first kappa shape index (κ1) is 16.8. The van der Waals surface area contributed by atoms with Gasteiger partial charge in [-0.25, -0.2) is 0 Å². The first-order valence-electron chi connectivity index (χ1n) is 8.17. The van der Waals surface area contributed by atoms with Crippen molar-refractivity contribution in [3.8, 4) is 5.75 Å². The fourth-order valence-electron chi connectivity index (χ4n) is 3.57. The highest BCUT2D eigenvalue weighted by molar-refractivity contribution is 9.10. The quantitative estimate of drug-likeness (QED) is 0.731. The number of halogens is 1. The molecule has 0 aromatic heterocycles. The molecule has 21 heavy (non-hydrogen) atoms. The molecule has 0 spiro atoms. The number of rotatable bonds is 6. The molecule has 1 aromatic carbocycles. The van der Waals surface area contributed by atoms with Gasteiger partial charge in [-0.15, -0.1) is 0 Å². The second-order valence-electron chi connectivity index (χ2n) is 6.50. The van der Waals surface area contributed by atoms with Gasteiger partial charge in [0.1, 0.15) is 5.75 Å². The highest BCUT2D eigenvalue weighted by Crippen LogP contribution is 2.46. The molecule has 0 saturated heterocycles. The number of ether oxygens (including phenoxy) is 1. The largest absolute Gasteiger partial charge is 0.496 e. The summed E-state index contributed by atoms with van der Waals surface area (Å²) in [6, 6.07) is 6.95. The van der Waals surface area contributed by atoms with E-state index in [4.69, 9.17) is 4.74 Å². The Morgan fingerprint density at radius 2 is 2.00 bits per heavy atom. The van der Waals surface area contributed by atoms with Crippen LogP contribution in [-0.4, -0.2) is 13.7 Å². The Morgan fingerprint density at radius 3 is 2.57 bits per heavy atom.